The summed E-state index contributed by atoms with van der Waals surface area (Å²) < 4.78 is 11.1. The van der Waals surface area contributed by atoms with Crippen LogP contribution in [-0.4, -0.2) is 26.3 Å². The van der Waals surface area contributed by atoms with E-state index in [1.165, 1.54) is 18.4 Å². The molecule has 1 aliphatic rings. The van der Waals surface area contributed by atoms with E-state index in [4.69, 9.17) is 9.47 Å². The van der Waals surface area contributed by atoms with Gasteiger partial charge in [-0.05, 0) is 44.0 Å². The summed E-state index contributed by atoms with van der Waals surface area (Å²) in [7, 11) is 1.68. The third-order valence-electron chi connectivity index (χ3n) is 2.92. The van der Waals surface area contributed by atoms with E-state index in [0.29, 0.717) is 6.04 Å². The zero-order valence-electron chi connectivity index (χ0n) is 9.95. The molecule has 88 valence electrons. The van der Waals surface area contributed by atoms with Gasteiger partial charge < -0.3 is 14.8 Å². The molecule has 0 aliphatic carbocycles. The molecule has 1 aromatic rings. The van der Waals surface area contributed by atoms with Gasteiger partial charge in [-0.3, -0.25) is 0 Å². The molecular weight excluding hydrogens is 202 g/mol. The van der Waals surface area contributed by atoms with Crippen LogP contribution in [0, 0.1) is 6.92 Å². The molecule has 1 atom stereocenters. The largest absolute Gasteiger partial charge is 0.493 e. The van der Waals surface area contributed by atoms with E-state index in [2.05, 4.69) is 5.32 Å². The fourth-order valence-corrected chi connectivity index (χ4v) is 1.98. The summed E-state index contributed by atoms with van der Waals surface area (Å²) >= 11 is 0. The van der Waals surface area contributed by atoms with Crippen LogP contribution in [0.4, 0.5) is 0 Å². The molecular formula is C13H19NO2. The molecule has 1 saturated heterocycles. The summed E-state index contributed by atoms with van der Waals surface area (Å²) in [6, 6.07) is 6.51. The smallest absolute Gasteiger partial charge is 0.161 e. The molecule has 0 amide bonds. The third kappa shape index (κ3) is 2.67. The Morgan fingerprint density at radius 3 is 2.94 bits per heavy atom. The fourth-order valence-electron chi connectivity index (χ4n) is 1.98. The van der Waals surface area contributed by atoms with Crippen molar-refractivity contribution in [2.45, 2.75) is 25.8 Å². The Bertz CT molecular complexity index is 346. The van der Waals surface area contributed by atoms with Gasteiger partial charge in [-0.1, -0.05) is 6.07 Å². The third-order valence-corrected chi connectivity index (χ3v) is 2.92. The maximum atomic E-state index is 5.78. The lowest BCUT2D eigenvalue weighted by Crippen LogP contribution is -2.28. The number of aryl methyl sites for hydroxylation is 1. The zero-order valence-corrected chi connectivity index (χ0v) is 9.95. The van der Waals surface area contributed by atoms with Gasteiger partial charge in [0, 0.05) is 6.04 Å². The number of methoxy groups -OCH3 is 1. The van der Waals surface area contributed by atoms with Crippen LogP contribution in [0.3, 0.4) is 0 Å². The second-order valence-electron chi connectivity index (χ2n) is 4.26. The lowest BCUT2D eigenvalue weighted by Gasteiger charge is -2.14. The standard InChI is InChI=1S/C13H19NO2/c1-10-5-6-12(13(8-10)15-2)16-9-11-4-3-7-14-11/h5-6,8,11,14H,3-4,7,9H2,1-2H3. The van der Waals surface area contributed by atoms with Crippen LogP contribution in [0.2, 0.25) is 0 Å². The van der Waals surface area contributed by atoms with Crippen LogP contribution < -0.4 is 14.8 Å². The van der Waals surface area contributed by atoms with Crippen molar-refractivity contribution in [3.05, 3.63) is 23.8 Å². The summed E-state index contributed by atoms with van der Waals surface area (Å²) in [5.41, 5.74) is 1.18. The van der Waals surface area contributed by atoms with Crippen LogP contribution in [0.25, 0.3) is 0 Å². The molecule has 1 unspecified atom stereocenters. The van der Waals surface area contributed by atoms with Gasteiger partial charge in [-0.2, -0.15) is 0 Å². The minimum Gasteiger partial charge on any atom is -0.493 e. The first-order chi connectivity index (χ1) is 7.79. The molecule has 3 nitrogen and oxygen atoms in total. The summed E-state index contributed by atoms with van der Waals surface area (Å²) in [6.45, 7) is 3.88. The normalized spacial score (nSPS) is 19.8. The molecule has 1 N–H and O–H groups in total. The lowest BCUT2D eigenvalue weighted by molar-refractivity contribution is 0.262. The van der Waals surface area contributed by atoms with E-state index in [1.54, 1.807) is 7.11 Å². The van der Waals surface area contributed by atoms with Gasteiger partial charge in [0.15, 0.2) is 11.5 Å². The molecule has 0 aromatic heterocycles. The number of nitrogens with one attached hydrogen (secondary N) is 1. The average Bonchev–Trinajstić information content (AvgIpc) is 2.80. The molecule has 1 aliphatic heterocycles. The topological polar surface area (TPSA) is 30.5 Å². The monoisotopic (exact) mass is 221 g/mol. The first kappa shape index (κ1) is 11.3. The summed E-state index contributed by atoms with van der Waals surface area (Å²) in [5, 5.41) is 3.41. The van der Waals surface area contributed by atoms with Gasteiger partial charge in [0.25, 0.3) is 0 Å². The van der Waals surface area contributed by atoms with Gasteiger partial charge in [0.2, 0.25) is 0 Å². The van der Waals surface area contributed by atoms with E-state index in [1.807, 2.05) is 25.1 Å². The van der Waals surface area contributed by atoms with Crippen molar-refractivity contribution in [2.24, 2.45) is 0 Å². The SMILES string of the molecule is COc1cc(C)ccc1OCC1CCCN1. The van der Waals surface area contributed by atoms with Gasteiger partial charge in [0.05, 0.1) is 7.11 Å². The van der Waals surface area contributed by atoms with Crippen molar-refractivity contribution < 1.29 is 9.47 Å². The van der Waals surface area contributed by atoms with Crippen LogP contribution in [-0.2, 0) is 0 Å². The molecule has 1 heterocycles. The van der Waals surface area contributed by atoms with E-state index < -0.39 is 0 Å². The molecule has 1 aromatic carbocycles. The summed E-state index contributed by atoms with van der Waals surface area (Å²) in [5.74, 6) is 1.65. The Morgan fingerprint density at radius 2 is 2.25 bits per heavy atom. The highest BCUT2D eigenvalue weighted by Gasteiger charge is 2.15. The van der Waals surface area contributed by atoms with Crippen molar-refractivity contribution in [2.75, 3.05) is 20.3 Å². The Labute approximate surface area is 96.8 Å². The van der Waals surface area contributed by atoms with Crippen LogP contribution in [0.15, 0.2) is 18.2 Å². The quantitative estimate of drug-likeness (QED) is 0.845. The highest BCUT2D eigenvalue weighted by Crippen LogP contribution is 2.28. The van der Waals surface area contributed by atoms with Gasteiger partial charge in [-0.15, -0.1) is 0 Å². The van der Waals surface area contributed by atoms with Crippen LogP contribution in [0.1, 0.15) is 18.4 Å². The Morgan fingerprint density at radius 1 is 1.38 bits per heavy atom. The molecule has 0 bridgehead atoms. The number of ether oxygens (including phenoxy) is 2. The highest BCUT2D eigenvalue weighted by molar-refractivity contribution is 5.42. The van der Waals surface area contributed by atoms with Crippen molar-refractivity contribution in [1.29, 1.82) is 0 Å². The molecule has 2 rings (SSSR count). The van der Waals surface area contributed by atoms with Crippen LogP contribution in [0.5, 0.6) is 11.5 Å². The lowest BCUT2D eigenvalue weighted by atomic mass is 10.2. The van der Waals surface area contributed by atoms with E-state index >= 15 is 0 Å². The molecule has 0 spiro atoms. The zero-order chi connectivity index (χ0) is 11.4. The molecule has 0 saturated carbocycles. The number of benzene rings is 1. The Hall–Kier alpha value is -1.22. The molecule has 3 heteroatoms. The van der Waals surface area contributed by atoms with Crippen molar-refractivity contribution >= 4 is 0 Å². The predicted octanol–water partition coefficient (Wildman–Crippen LogP) is 2.13. The average molecular weight is 221 g/mol. The minimum absolute atomic E-state index is 0.492. The number of hydrogen-bond acceptors (Lipinski definition) is 3. The summed E-state index contributed by atoms with van der Waals surface area (Å²) in [4.78, 5) is 0. The second kappa shape index (κ2) is 5.21. The van der Waals surface area contributed by atoms with Gasteiger partial charge in [-0.25, -0.2) is 0 Å². The highest BCUT2D eigenvalue weighted by atomic mass is 16.5. The first-order valence-corrected chi connectivity index (χ1v) is 5.80. The Balaban J connectivity index is 1.97. The maximum Gasteiger partial charge on any atom is 0.161 e. The predicted molar refractivity (Wildman–Crippen MR) is 64.3 cm³/mol. The molecule has 1 fully saturated rings. The summed E-state index contributed by atoms with van der Waals surface area (Å²) in [6.07, 6.45) is 2.45. The van der Waals surface area contributed by atoms with Gasteiger partial charge >= 0.3 is 0 Å². The first-order valence-electron chi connectivity index (χ1n) is 5.80. The Kier molecular flexibility index (Phi) is 3.67. The molecule has 16 heavy (non-hydrogen) atoms. The maximum absolute atomic E-state index is 5.78. The molecule has 0 radical (unpaired) electrons. The van der Waals surface area contributed by atoms with E-state index in [9.17, 15) is 0 Å². The van der Waals surface area contributed by atoms with Crippen molar-refractivity contribution in [3.63, 3.8) is 0 Å². The van der Waals surface area contributed by atoms with Crippen molar-refractivity contribution in [1.82, 2.24) is 5.32 Å². The second-order valence-corrected chi connectivity index (χ2v) is 4.26. The minimum atomic E-state index is 0.492. The van der Waals surface area contributed by atoms with E-state index in [-0.39, 0.29) is 0 Å². The van der Waals surface area contributed by atoms with Gasteiger partial charge in [0.1, 0.15) is 6.61 Å². The fraction of sp³-hybridized carbons (Fsp3) is 0.538. The number of rotatable bonds is 4. The van der Waals surface area contributed by atoms with Crippen molar-refractivity contribution in [3.8, 4) is 11.5 Å². The number of hydrogen-bond donors (Lipinski definition) is 1. The van der Waals surface area contributed by atoms with E-state index in [0.717, 1.165) is 24.7 Å². The van der Waals surface area contributed by atoms with Crippen LogP contribution >= 0.6 is 0 Å².